The van der Waals surface area contributed by atoms with Crippen molar-refractivity contribution in [3.8, 4) is 11.5 Å². The van der Waals surface area contributed by atoms with Gasteiger partial charge in [0.05, 0.1) is 26.4 Å². The van der Waals surface area contributed by atoms with Crippen LogP contribution in [0.1, 0.15) is 17.6 Å². The van der Waals surface area contributed by atoms with Gasteiger partial charge in [0.25, 0.3) is 6.43 Å². The summed E-state index contributed by atoms with van der Waals surface area (Å²) in [6.45, 7) is -0.319. The minimum Gasteiger partial charge on any atom is -0.493 e. The fourth-order valence-corrected chi connectivity index (χ4v) is 1.31. The van der Waals surface area contributed by atoms with Gasteiger partial charge in [-0.15, -0.1) is 0 Å². The van der Waals surface area contributed by atoms with Gasteiger partial charge in [-0.25, -0.2) is 8.78 Å². The topological polar surface area (TPSA) is 38.7 Å². The van der Waals surface area contributed by atoms with Crippen molar-refractivity contribution >= 4 is 0 Å². The summed E-state index contributed by atoms with van der Waals surface area (Å²) in [4.78, 5) is 0. The van der Waals surface area contributed by atoms with Crippen molar-refractivity contribution in [3.05, 3.63) is 23.3 Å². The molecule has 84 valence electrons. The van der Waals surface area contributed by atoms with Gasteiger partial charge in [-0.1, -0.05) is 0 Å². The SMILES string of the molecule is COc1cc(CO)cc(C(F)F)c1OC. The van der Waals surface area contributed by atoms with E-state index in [0.717, 1.165) is 0 Å². The molecule has 3 nitrogen and oxygen atoms in total. The maximum Gasteiger partial charge on any atom is 0.267 e. The Kier molecular flexibility index (Phi) is 3.85. The van der Waals surface area contributed by atoms with Crippen molar-refractivity contribution in [2.75, 3.05) is 14.2 Å². The molecule has 0 bridgehead atoms. The summed E-state index contributed by atoms with van der Waals surface area (Å²) < 4.78 is 35.0. The molecule has 1 aromatic carbocycles. The fourth-order valence-electron chi connectivity index (χ4n) is 1.31. The Morgan fingerprint density at radius 1 is 1.27 bits per heavy atom. The van der Waals surface area contributed by atoms with Gasteiger partial charge in [-0.2, -0.15) is 0 Å². The van der Waals surface area contributed by atoms with Gasteiger partial charge in [0, 0.05) is 0 Å². The molecule has 0 atom stereocenters. The number of rotatable bonds is 4. The van der Waals surface area contributed by atoms with Crippen LogP contribution >= 0.6 is 0 Å². The molecule has 0 spiro atoms. The van der Waals surface area contributed by atoms with Gasteiger partial charge >= 0.3 is 0 Å². The highest BCUT2D eigenvalue weighted by Crippen LogP contribution is 2.38. The molecule has 0 aliphatic heterocycles. The van der Waals surface area contributed by atoms with Crippen LogP contribution in [0.2, 0.25) is 0 Å². The highest BCUT2D eigenvalue weighted by atomic mass is 19.3. The summed E-state index contributed by atoms with van der Waals surface area (Å²) in [5.74, 6) is 0.198. The Labute approximate surface area is 86.2 Å². The van der Waals surface area contributed by atoms with Crippen LogP contribution in [-0.2, 0) is 6.61 Å². The van der Waals surface area contributed by atoms with Crippen molar-refractivity contribution in [3.63, 3.8) is 0 Å². The van der Waals surface area contributed by atoms with Crippen molar-refractivity contribution in [2.24, 2.45) is 0 Å². The molecule has 0 fully saturated rings. The molecular weight excluding hydrogens is 206 g/mol. The highest BCUT2D eigenvalue weighted by molar-refractivity contribution is 5.50. The Bertz CT molecular complexity index is 340. The van der Waals surface area contributed by atoms with E-state index < -0.39 is 6.43 Å². The number of aliphatic hydroxyl groups excluding tert-OH is 1. The smallest absolute Gasteiger partial charge is 0.267 e. The zero-order valence-electron chi connectivity index (χ0n) is 8.46. The zero-order valence-corrected chi connectivity index (χ0v) is 8.46. The predicted octanol–water partition coefficient (Wildman–Crippen LogP) is 2.13. The molecule has 5 heteroatoms. The first-order chi connectivity index (χ1) is 7.13. The number of ether oxygens (including phenoxy) is 2. The summed E-state index contributed by atoms with van der Waals surface area (Å²) in [7, 11) is 2.65. The number of aliphatic hydroxyl groups is 1. The molecule has 0 aliphatic rings. The Hall–Kier alpha value is -1.36. The minimum absolute atomic E-state index is 0.00435. The molecule has 1 rings (SSSR count). The normalized spacial score (nSPS) is 10.5. The molecule has 1 aromatic rings. The molecule has 0 heterocycles. The van der Waals surface area contributed by atoms with Crippen molar-refractivity contribution in [1.82, 2.24) is 0 Å². The second-order valence-electron chi connectivity index (χ2n) is 2.88. The molecule has 0 saturated heterocycles. The van der Waals surface area contributed by atoms with Gasteiger partial charge in [0.1, 0.15) is 0 Å². The average Bonchev–Trinajstić information content (AvgIpc) is 2.26. The fraction of sp³-hybridized carbons (Fsp3) is 0.400. The van der Waals surface area contributed by atoms with E-state index in [0.29, 0.717) is 5.56 Å². The Balaban J connectivity index is 3.32. The summed E-state index contributed by atoms with van der Waals surface area (Å²) >= 11 is 0. The first kappa shape index (κ1) is 11.7. The summed E-state index contributed by atoms with van der Waals surface area (Å²) in [5, 5.41) is 8.89. The van der Waals surface area contributed by atoms with E-state index >= 15 is 0 Å². The van der Waals surface area contributed by atoms with Crippen LogP contribution in [0, 0.1) is 0 Å². The lowest BCUT2D eigenvalue weighted by atomic mass is 10.1. The summed E-state index contributed by atoms with van der Waals surface area (Å²) in [6.07, 6.45) is -2.67. The van der Waals surface area contributed by atoms with E-state index in [1.807, 2.05) is 0 Å². The van der Waals surface area contributed by atoms with Gasteiger partial charge in [0.2, 0.25) is 0 Å². The maximum atomic E-state index is 12.6. The molecule has 0 saturated carbocycles. The zero-order chi connectivity index (χ0) is 11.4. The van der Waals surface area contributed by atoms with E-state index in [1.165, 1.54) is 26.4 Å². The molecule has 0 unspecified atom stereocenters. The van der Waals surface area contributed by atoms with Gasteiger partial charge < -0.3 is 14.6 Å². The average molecular weight is 218 g/mol. The minimum atomic E-state index is -2.67. The Morgan fingerprint density at radius 3 is 2.33 bits per heavy atom. The third-order valence-corrected chi connectivity index (χ3v) is 1.99. The number of benzene rings is 1. The number of methoxy groups -OCH3 is 2. The first-order valence-electron chi connectivity index (χ1n) is 4.27. The van der Waals surface area contributed by atoms with Crippen molar-refractivity contribution in [2.45, 2.75) is 13.0 Å². The largest absolute Gasteiger partial charge is 0.493 e. The van der Waals surface area contributed by atoms with Gasteiger partial charge in [0.15, 0.2) is 11.5 Å². The van der Waals surface area contributed by atoms with Gasteiger partial charge in [-0.3, -0.25) is 0 Å². The van der Waals surface area contributed by atoms with Crippen molar-refractivity contribution in [1.29, 1.82) is 0 Å². The third kappa shape index (κ3) is 2.36. The van der Waals surface area contributed by atoms with Crippen LogP contribution < -0.4 is 9.47 Å². The van der Waals surface area contributed by atoms with Crippen LogP contribution in [0.15, 0.2) is 12.1 Å². The number of halogens is 2. The number of alkyl halides is 2. The van der Waals surface area contributed by atoms with E-state index in [4.69, 9.17) is 14.6 Å². The maximum absolute atomic E-state index is 12.6. The van der Waals surface area contributed by atoms with Crippen molar-refractivity contribution < 1.29 is 23.4 Å². The lowest BCUT2D eigenvalue weighted by Gasteiger charge is -2.13. The van der Waals surface area contributed by atoms with E-state index in [2.05, 4.69) is 0 Å². The quantitative estimate of drug-likeness (QED) is 0.841. The lowest BCUT2D eigenvalue weighted by Crippen LogP contribution is -1.99. The second-order valence-corrected chi connectivity index (χ2v) is 2.88. The van der Waals surface area contributed by atoms with Gasteiger partial charge in [-0.05, 0) is 17.7 Å². The van der Waals surface area contributed by atoms with Crippen LogP contribution in [0.5, 0.6) is 11.5 Å². The highest BCUT2D eigenvalue weighted by Gasteiger charge is 2.19. The third-order valence-electron chi connectivity index (χ3n) is 1.99. The Morgan fingerprint density at radius 2 is 1.93 bits per heavy atom. The van der Waals surface area contributed by atoms with Crippen LogP contribution in [0.3, 0.4) is 0 Å². The molecule has 0 aliphatic carbocycles. The standard InChI is InChI=1S/C10H12F2O3/c1-14-8-4-6(5-13)3-7(10(11)12)9(8)15-2/h3-4,10,13H,5H2,1-2H3. The molecule has 0 amide bonds. The van der Waals surface area contributed by atoms with E-state index in [9.17, 15) is 8.78 Å². The van der Waals surface area contributed by atoms with Crippen LogP contribution in [0.4, 0.5) is 8.78 Å². The second kappa shape index (κ2) is 4.93. The molecule has 15 heavy (non-hydrogen) atoms. The van der Waals surface area contributed by atoms with Crippen LogP contribution in [0.25, 0.3) is 0 Å². The van der Waals surface area contributed by atoms with E-state index in [1.54, 1.807) is 0 Å². The number of hydrogen-bond donors (Lipinski definition) is 1. The summed E-state index contributed by atoms with van der Waals surface area (Å²) in [5.41, 5.74) is 0.0869. The molecule has 1 N–H and O–H groups in total. The molecular formula is C10H12F2O3. The number of hydrogen-bond acceptors (Lipinski definition) is 3. The first-order valence-corrected chi connectivity index (χ1v) is 4.27. The van der Waals surface area contributed by atoms with E-state index in [-0.39, 0.29) is 23.7 Å². The summed E-state index contributed by atoms with van der Waals surface area (Å²) in [6, 6.07) is 2.66. The molecule has 0 radical (unpaired) electrons. The predicted molar refractivity (Wildman–Crippen MR) is 50.4 cm³/mol. The lowest BCUT2D eigenvalue weighted by molar-refractivity contribution is 0.145. The van der Waals surface area contributed by atoms with Crippen LogP contribution in [-0.4, -0.2) is 19.3 Å². The molecule has 0 aromatic heterocycles. The monoisotopic (exact) mass is 218 g/mol.